The Balaban J connectivity index is 1.91. The molecule has 0 bridgehead atoms. The Labute approximate surface area is 138 Å². The number of rotatable bonds is 4. The average molecular weight is 336 g/mol. The van der Waals surface area contributed by atoms with Crippen LogP contribution in [0, 0.1) is 0 Å². The Hall–Kier alpha value is -1.75. The van der Waals surface area contributed by atoms with Gasteiger partial charge in [-0.15, -0.1) is 0 Å². The largest absolute Gasteiger partial charge is 0.392 e. The van der Waals surface area contributed by atoms with Gasteiger partial charge in [-0.1, -0.05) is 41.4 Å². The standard InChI is InChI=1S/C16H15Cl2N3O/c1-21-12(7-13(17)15(21)18)8-19-16-11(9-22)6-10-4-2-3-5-14(10)20-16/h2-7,22H,8-9H2,1H3,(H,19,20). The molecule has 0 aliphatic rings. The molecule has 2 heterocycles. The minimum atomic E-state index is -0.0746. The molecule has 4 nitrogen and oxygen atoms in total. The van der Waals surface area contributed by atoms with Crippen molar-refractivity contribution in [3.8, 4) is 0 Å². The van der Waals surface area contributed by atoms with Crippen molar-refractivity contribution in [2.75, 3.05) is 5.32 Å². The molecule has 0 fully saturated rings. The van der Waals surface area contributed by atoms with Gasteiger partial charge in [-0.25, -0.2) is 4.98 Å². The van der Waals surface area contributed by atoms with Crippen LogP contribution in [0.25, 0.3) is 10.9 Å². The second kappa shape index (κ2) is 6.16. The molecule has 0 unspecified atom stereocenters. The van der Waals surface area contributed by atoms with Crippen LogP contribution in [-0.2, 0) is 20.2 Å². The molecular weight excluding hydrogens is 321 g/mol. The lowest BCUT2D eigenvalue weighted by Gasteiger charge is -2.12. The van der Waals surface area contributed by atoms with Crippen molar-refractivity contribution in [3.63, 3.8) is 0 Å². The third-order valence-electron chi connectivity index (χ3n) is 3.63. The second-order valence-electron chi connectivity index (χ2n) is 5.03. The highest BCUT2D eigenvalue weighted by Gasteiger charge is 2.10. The van der Waals surface area contributed by atoms with Crippen molar-refractivity contribution in [2.45, 2.75) is 13.2 Å². The van der Waals surface area contributed by atoms with E-state index in [1.165, 1.54) is 0 Å². The first kappa shape index (κ1) is 15.2. The summed E-state index contributed by atoms with van der Waals surface area (Å²) in [5, 5.41) is 14.8. The molecule has 0 spiro atoms. The van der Waals surface area contributed by atoms with E-state index in [0.29, 0.717) is 22.5 Å². The first-order valence-corrected chi connectivity index (χ1v) is 7.58. The molecule has 114 valence electrons. The summed E-state index contributed by atoms with van der Waals surface area (Å²) in [7, 11) is 1.85. The highest BCUT2D eigenvalue weighted by molar-refractivity contribution is 6.41. The van der Waals surface area contributed by atoms with E-state index in [-0.39, 0.29) is 6.61 Å². The van der Waals surface area contributed by atoms with Gasteiger partial charge in [0.05, 0.1) is 23.7 Å². The number of nitrogens with one attached hydrogen (secondary N) is 1. The summed E-state index contributed by atoms with van der Waals surface area (Å²) in [4.78, 5) is 4.57. The van der Waals surface area contributed by atoms with E-state index in [1.807, 2.05) is 48.0 Å². The molecule has 3 rings (SSSR count). The Morgan fingerprint density at radius 1 is 1.23 bits per heavy atom. The molecule has 0 aliphatic heterocycles. The lowest BCUT2D eigenvalue weighted by molar-refractivity contribution is 0.282. The molecule has 0 atom stereocenters. The Morgan fingerprint density at radius 2 is 2.00 bits per heavy atom. The van der Waals surface area contributed by atoms with Gasteiger partial charge in [0.15, 0.2) is 0 Å². The maximum Gasteiger partial charge on any atom is 0.132 e. The van der Waals surface area contributed by atoms with Crippen LogP contribution >= 0.6 is 23.2 Å². The third kappa shape index (κ3) is 2.77. The van der Waals surface area contributed by atoms with Gasteiger partial charge in [0, 0.05) is 23.7 Å². The van der Waals surface area contributed by atoms with E-state index in [4.69, 9.17) is 23.2 Å². The summed E-state index contributed by atoms with van der Waals surface area (Å²) >= 11 is 12.1. The fraction of sp³-hybridized carbons (Fsp3) is 0.188. The Morgan fingerprint density at radius 3 is 2.68 bits per heavy atom. The second-order valence-corrected chi connectivity index (χ2v) is 5.80. The zero-order valence-corrected chi connectivity index (χ0v) is 13.5. The Kier molecular flexibility index (Phi) is 4.25. The topological polar surface area (TPSA) is 50.1 Å². The number of fused-ring (bicyclic) bond motifs is 1. The summed E-state index contributed by atoms with van der Waals surface area (Å²) in [5.41, 5.74) is 2.57. The fourth-order valence-corrected chi connectivity index (χ4v) is 2.78. The fourth-order valence-electron chi connectivity index (χ4n) is 2.37. The molecular formula is C16H15Cl2N3O. The molecule has 22 heavy (non-hydrogen) atoms. The molecule has 0 saturated heterocycles. The van der Waals surface area contributed by atoms with E-state index in [2.05, 4.69) is 10.3 Å². The summed E-state index contributed by atoms with van der Waals surface area (Å²) in [6.45, 7) is 0.441. The first-order valence-electron chi connectivity index (χ1n) is 6.83. The number of halogens is 2. The predicted molar refractivity (Wildman–Crippen MR) is 90.4 cm³/mol. The summed E-state index contributed by atoms with van der Waals surface area (Å²) in [6.07, 6.45) is 0. The van der Waals surface area contributed by atoms with Crippen molar-refractivity contribution in [1.82, 2.24) is 9.55 Å². The number of hydrogen-bond acceptors (Lipinski definition) is 3. The van der Waals surface area contributed by atoms with Crippen molar-refractivity contribution in [2.24, 2.45) is 7.05 Å². The number of para-hydroxylation sites is 1. The maximum absolute atomic E-state index is 9.55. The van der Waals surface area contributed by atoms with E-state index in [0.717, 1.165) is 22.2 Å². The van der Waals surface area contributed by atoms with Crippen LogP contribution in [0.2, 0.25) is 10.2 Å². The van der Waals surface area contributed by atoms with Crippen LogP contribution in [-0.4, -0.2) is 14.7 Å². The van der Waals surface area contributed by atoms with Crippen LogP contribution in [0.3, 0.4) is 0 Å². The number of aliphatic hydroxyl groups is 1. The molecule has 0 radical (unpaired) electrons. The van der Waals surface area contributed by atoms with Gasteiger partial charge >= 0.3 is 0 Å². The number of benzene rings is 1. The van der Waals surface area contributed by atoms with Crippen molar-refractivity contribution >= 4 is 39.9 Å². The number of nitrogens with zero attached hydrogens (tertiary/aromatic N) is 2. The van der Waals surface area contributed by atoms with Gasteiger partial charge in [-0.3, -0.25) is 0 Å². The summed E-state index contributed by atoms with van der Waals surface area (Å²) in [6, 6.07) is 11.6. The Bertz CT molecular complexity index is 830. The minimum absolute atomic E-state index is 0.0746. The first-order chi connectivity index (χ1) is 10.6. The average Bonchev–Trinajstić information content (AvgIpc) is 2.79. The molecule has 0 aliphatic carbocycles. The van der Waals surface area contributed by atoms with Gasteiger partial charge in [-0.05, 0) is 18.2 Å². The molecule has 2 N–H and O–H groups in total. The van der Waals surface area contributed by atoms with E-state index in [9.17, 15) is 5.11 Å². The van der Waals surface area contributed by atoms with Gasteiger partial charge in [-0.2, -0.15) is 0 Å². The van der Waals surface area contributed by atoms with E-state index in [1.54, 1.807) is 0 Å². The molecule has 0 amide bonds. The normalized spacial score (nSPS) is 11.1. The SMILES string of the molecule is Cn1c(CNc2nc3ccccc3cc2CO)cc(Cl)c1Cl. The van der Waals surface area contributed by atoms with Crippen molar-refractivity contribution in [3.05, 3.63) is 57.8 Å². The van der Waals surface area contributed by atoms with Crippen LogP contribution < -0.4 is 5.32 Å². The zero-order chi connectivity index (χ0) is 15.7. The number of hydrogen-bond donors (Lipinski definition) is 2. The zero-order valence-electron chi connectivity index (χ0n) is 12.0. The van der Waals surface area contributed by atoms with Gasteiger partial charge in [0.2, 0.25) is 0 Å². The highest BCUT2D eigenvalue weighted by Crippen LogP contribution is 2.26. The molecule has 2 aromatic heterocycles. The predicted octanol–water partition coefficient (Wildman–Crippen LogP) is 3.98. The van der Waals surface area contributed by atoms with E-state index < -0.39 is 0 Å². The minimum Gasteiger partial charge on any atom is -0.392 e. The molecule has 3 aromatic rings. The van der Waals surface area contributed by atoms with E-state index >= 15 is 0 Å². The van der Waals surface area contributed by atoms with Gasteiger partial charge < -0.3 is 15.0 Å². The number of aliphatic hydroxyl groups excluding tert-OH is 1. The van der Waals surface area contributed by atoms with Crippen LogP contribution in [0.1, 0.15) is 11.3 Å². The van der Waals surface area contributed by atoms with Crippen LogP contribution in [0.5, 0.6) is 0 Å². The maximum atomic E-state index is 9.55. The van der Waals surface area contributed by atoms with Gasteiger partial charge in [0.1, 0.15) is 11.0 Å². The lowest BCUT2D eigenvalue weighted by atomic mass is 10.1. The number of anilines is 1. The highest BCUT2D eigenvalue weighted by atomic mass is 35.5. The quantitative estimate of drug-likeness (QED) is 0.758. The summed E-state index contributed by atoms with van der Waals surface area (Å²) in [5.74, 6) is 0.662. The van der Waals surface area contributed by atoms with Crippen LogP contribution in [0.4, 0.5) is 5.82 Å². The van der Waals surface area contributed by atoms with Crippen molar-refractivity contribution in [1.29, 1.82) is 0 Å². The molecule has 6 heteroatoms. The van der Waals surface area contributed by atoms with Crippen LogP contribution in [0.15, 0.2) is 36.4 Å². The smallest absolute Gasteiger partial charge is 0.132 e. The molecule has 0 saturated carbocycles. The number of aromatic nitrogens is 2. The monoisotopic (exact) mass is 335 g/mol. The number of pyridine rings is 1. The molecule has 1 aromatic carbocycles. The van der Waals surface area contributed by atoms with Crippen molar-refractivity contribution < 1.29 is 5.11 Å². The van der Waals surface area contributed by atoms with Gasteiger partial charge in [0.25, 0.3) is 0 Å². The summed E-state index contributed by atoms with van der Waals surface area (Å²) < 4.78 is 1.82. The lowest BCUT2D eigenvalue weighted by Crippen LogP contribution is -2.08. The third-order valence-corrected chi connectivity index (χ3v) is 4.47.